The van der Waals surface area contributed by atoms with Gasteiger partial charge in [0.25, 0.3) is 0 Å². The summed E-state index contributed by atoms with van der Waals surface area (Å²) in [5, 5.41) is 9.16. The topological polar surface area (TPSA) is 82.2 Å². The minimum Gasteiger partial charge on any atom is -0.337 e. The zero-order chi connectivity index (χ0) is 22.9. The standard InChI is InChI=1S/C26H25N5O2/c1-18-15-31(24-6-5-19(12-23(18)24)7-9-29-10-8-28-17-29)26(33)21-13-25(32)30(16-21)22-4-2-3-20(11-22)14-27/h2-6,8,10-12,17-18,21H,7,9,13,15-16H2,1H3/t18?,21-/m0/s1. The number of fused-ring (bicyclic) bond motifs is 1. The molecular formula is C26H25N5O2. The quantitative estimate of drug-likeness (QED) is 0.609. The van der Waals surface area contributed by atoms with Crippen molar-refractivity contribution in [1.29, 1.82) is 5.26 Å². The molecule has 2 aromatic carbocycles. The van der Waals surface area contributed by atoms with Gasteiger partial charge in [-0.25, -0.2) is 4.98 Å². The summed E-state index contributed by atoms with van der Waals surface area (Å²) in [4.78, 5) is 33.7. The first kappa shape index (κ1) is 21.0. The first-order valence-electron chi connectivity index (χ1n) is 11.2. The maximum atomic E-state index is 13.5. The summed E-state index contributed by atoms with van der Waals surface area (Å²) in [7, 11) is 0. The van der Waals surface area contributed by atoms with E-state index in [1.165, 1.54) is 11.1 Å². The van der Waals surface area contributed by atoms with Gasteiger partial charge in [0.2, 0.25) is 11.8 Å². The summed E-state index contributed by atoms with van der Waals surface area (Å²) in [6.45, 7) is 3.98. The lowest BCUT2D eigenvalue weighted by Gasteiger charge is -2.22. The first-order chi connectivity index (χ1) is 16.0. The fraction of sp³-hybridized carbons (Fsp3) is 0.308. The van der Waals surface area contributed by atoms with Crippen LogP contribution < -0.4 is 9.80 Å². The second-order valence-electron chi connectivity index (χ2n) is 8.86. The Balaban J connectivity index is 1.31. The fourth-order valence-corrected chi connectivity index (χ4v) is 4.84. The van der Waals surface area contributed by atoms with Gasteiger partial charge in [-0.15, -0.1) is 0 Å². The molecule has 2 amide bonds. The number of hydrogen-bond donors (Lipinski definition) is 0. The summed E-state index contributed by atoms with van der Waals surface area (Å²) >= 11 is 0. The van der Waals surface area contributed by atoms with Gasteiger partial charge in [0.05, 0.1) is 23.9 Å². The molecule has 2 aliphatic rings. The average molecular weight is 440 g/mol. The highest BCUT2D eigenvalue weighted by molar-refractivity contribution is 6.05. The van der Waals surface area contributed by atoms with Crippen molar-refractivity contribution in [2.24, 2.45) is 5.92 Å². The third kappa shape index (κ3) is 4.00. The molecule has 3 aromatic rings. The van der Waals surface area contributed by atoms with E-state index >= 15 is 0 Å². The molecule has 0 saturated carbocycles. The molecule has 33 heavy (non-hydrogen) atoms. The second kappa shape index (κ2) is 8.55. The van der Waals surface area contributed by atoms with Gasteiger partial charge < -0.3 is 14.4 Å². The van der Waals surface area contributed by atoms with E-state index in [4.69, 9.17) is 5.26 Å². The van der Waals surface area contributed by atoms with E-state index in [0.717, 1.165) is 18.7 Å². The largest absolute Gasteiger partial charge is 0.337 e. The molecule has 0 N–H and O–H groups in total. The Labute approximate surface area is 192 Å². The lowest BCUT2D eigenvalue weighted by molar-refractivity contribution is -0.124. The number of anilines is 2. The van der Waals surface area contributed by atoms with E-state index in [-0.39, 0.29) is 30.1 Å². The first-order valence-corrected chi connectivity index (χ1v) is 11.2. The SMILES string of the molecule is CC1CN(C(=O)[C@H]2CC(=O)N(c3cccc(C#N)c3)C2)c2ccc(CCn3ccnc3)cc21. The van der Waals surface area contributed by atoms with Crippen LogP contribution in [0.25, 0.3) is 0 Å². The van der Waals surface area contributed by atoms with Crippen LogP contribution in [0.1, 0.15) is 36.0 Å². The zero-order valence-electron chi connectivity index (χ0n) is 18.5. The number of imidazole rings is 1. The summed E-state index contributed by atoms with van der Waals surface area (Å²) in [6.07, 6.45) is 6.65. The number of aromatic nitrogens is 2. The average Bonchev–Trinajstić information content (AvgIpc) is 3.57. The number of hydrogen-bond acceptors (Lipinski definition) is 4. The van der Waals surface area contributed by atoms with E-state index in [0.29, 0.717) is 24.3 Å². The van der Waals surface area contributed by atoms with Crippen molar-refractivity contribution >= 4 is 23.2 Å². The normalized spacial score (nSPS) is 19.6. The van der Waals surface area contributed by atoms with Crippen LogP contribution >= 0.6 is 0 Å². The monoisotopic (exact) mass is 439 g/mol. The highest BCUT2D eigenvalue weighted by Crippen LogP contribution is 2.39. The maximum absolute atomic E-state index is 13.5. The van der Waals surface area contributed by atoms with Crippen LogP contribution in [0.15, 0.2) is 61.2 Å². The number of nitrogens with zero attached hydrogens (tertiary/aromatic N) is 5. The predicted octanol–water partition coefficient (Wildman–Crippen LogP) is 3.50. The molecule has 7 heteroatoms. The van der Waals surface area contributed by atoms with Gasteiger partial charge in [0.1, 0.15) is 0 Å². The van der Waals surface area contributed by atoms with Crippen molar-refractivity contribution < 1.29 is 9.59 Å². The molecule has 1 saturated heterocycles. The van der Waals surface area contributed by atoms with Gasteiger partial charge in [0.15, 0.2) is 0 Å². The van der Waals surface area contributed by atoms with Crippen molar-refractivity contribution in [3.63, 3.8) is 0 Å². The van der Waals surface area contributed by atoms with Crippen LogP contribution in [0.3, 0.4) is 0 Å². The molecule has 5 rings (SSSR count). The Morgan fingerprint density at radius 3 is 2.88 bits per heavy atom. The van der Waals surface area contributed by atoms with Crippen molar-refractivity contribution in [1.82, 2.24) is 9.55 Å². The van der Waals surface area contributed by atoms with Gasteiger partial charge in [0, 0.05) is 55.7 Å². The molecule has 3 heterocycles. The molecule has 0 aliphatic carbocycles. The Hall–Kier alpha value is -3.92. The Kier molecular flexibility index (Phi) is 5.43. The predicted molar refractivity (Wildman–Crippen MR) is 125 cm³/mol. The number of carbonyl (C=O) groups excluding carboxylic acids is 2. The summed E-state index contributed by atoms with van der Waals surface area (Å²) in [5.41, 5.74) is 4.56. The third-order valence-electron chi connectivity index (χ3n) is 6.62. The number of benzene rings is 2. The van der Waals surface area contributed by atoms with E-state index in [1.54, 1.807) is 29.3 Å². The summed E-state index contributed by atoms with van der Waals surface area (Å²) in [5.74, 6) is -0.218. The van der Waals surface area contributed by atoms with E-state index < -0.39 is 0 Å². The van der Waals surface area contributed by atoms with Gasteiger partial charge in [-0.3, -0.25) is 9.59 Å². The molecule has 1 unspecified atom stereocenters. The zero-order valence-corrected chi connectivity index (χ0v) is 18.5. The fourth-order valence-electron chi connectivity index (χ4n) is 4.84. The molecule has 1 fully saturated rings. The van der Waals surface area contributed by atoms with Crippen LogP contribution in [0, 0.1) is 17.2 Å². The number of amides is 2. The van der Waals surface area contributed by atoms with Gasteiger partial charge >= 0.3 is 0 Å². The number of nitriles is 1. The van der Waals surface area contributed by atoms with Crippen molar-refractivity contribution in [2.45, 2.75) is 32.2 Å². The molecule has 0 spiro atoms. The maximum Gasteiger partial charge on any atom is 0.232 e. The minimum absolute atomic E-state index is 0.000877. The Morgan fingerprint density at radius 1 is 1.21 bits per heavy atom. The van der Waals surface area contributed by atoms with Crippen LogP contribution in [-0.2, 0) is 22.6 Å². The Bertz CT molecular complexity index is 1240. The number of aryl methyl sites for hydroxylation is 2. The highest BCUT2D eigenvalue weighted by Gasteiger charge is 2.40. The molecule has 0 bridgehead atoms. The van der Waals surface area contributed by atoms with Crippen molar-refractivity contribution in [2.75, 3.05) is 22.9 Å². The van der Waals surface area contributed by atoms with Crippen LogP contribution in [0.4, 0.5) is 11.4 Å². The van der Waals surface area contributed by atoms with Crippen molar-refractivity contribution in [3.05, 3.63) is 77.9 Å². The lowest BCUT2D eigenvalue weighted by atomic mass is 10.00. The molecule has 0 radical (unpaired) electrons. The summed E-state index contributed by atoms with van der Waals surface area (Å²) < 4.78 is 2.06. The van der Waals surface area contributed by atoms with E-state index in [1.807, 2.05) is 29.6 Å². The smallest absolute Gasteiger partial charge is 0.232 e. The minimum atomic E-state index is -0.387. The third-order valence-corrected chi connectivity index (χ3v) is 6.62. The van der Waals surface area contributed by atoms with E-state index in [9.17, 15) is 9.59 Å². The Morgan fingerprint density at radius 2 is 2.09 bits per heavy atom. The van der Waals surface area contributed by atoms with Gasteiger partial charge in [-0.2, -0.15) is 5.26 Å². The van der Waals surface area contributed by atoms with E-state index in [2.05, 4.69) is 34.7 Å². The molecule has 1 aromatic heterocycles. The van der Waals surface area contributed by atoms with Gasteiger partial charge in [-0.05, 0) is 41.8 Å². The van der Waals surface area contributed by atoms with Crippen LogP contribution in [0.2, 0.25) is 0 Å². The van der Waals surface area contributed by atoms with Crippen LogP contribution in [0.5, 0.6) is 0 Å². The molecular weight excluding hydrogens is 414 g/mol. The molecule has 2 atom stereocenters. The summed E-state index contributed by atoms with van der Waals surface area (Å²) in [6, 6.07) is 15.4. The second-order valence-corrected chi connectivity index (χ2v) is 8.86. The van der Waals surface area contributed by atoms with Gasteiger partial charge in [-0.1, -0.05) is 25.1 Å². The van der Waals surface area contributed by atoms with Crippen LogP contribution in [-0.4, -0.2) is 34.5 Å². The number of carbonyl (C=O) groups is 2. The molecule has 2 aliphatic heterocycles. The molecule has 166 valence electrons. The molecule has 7 nitrogen and oxygen atoms in total. The number of rotatable bonds is 5. The highest BCUT2D eigenvalue weighted by atomic mass is 16.2. The lowest BCUT2D eigenvalue weighted by Crippen LogP contribution is -2.36. The van der Waals surface area contributed by atoms with Crippen molar-refractivity contribution in [3.8, 4) is 6.07 Å².